The fourth-order valence-corrected chi connectivity index (χ4v) is 2.52. The maximum Gasteiger partial charge on any atom is 0.140 e. The number of nitrogens with zero attached hydrogens (tertiary/aromatic N) is 2. The second-order valence-electron chi connectivity index (χ2n) is 4.56. The highest BCUT2D eigenvalue weighted by Gasteiger charge is 2.06. The quantitative estimate of drug-likeness (QED) is 0.787. The number of phenols is 1. The first-order chi connectivity index (χ1) is 9.72. The highest BCUT2D eigenvalue weighted by Crippen LogP contribution is 2.22. The van der Waals surface area contributed by atoms with Gasteiger partial charge in [-0.1, -0.05) is 40.2 Å². The van der Waals surface area contributed by atoms with E-state index in [9.17, 15) is 5.11 Å². The van der Waals surface area contributed by atoms with Crippen molar-refractivity contribution in [3.05, 3.63) is 71.0 Å². The van der Waals surface area contributed by atoms with Crippen LogP contribution in [0.3, 0.4) is 0 Å². The Morgan fingerprint density at radius 1 is 1.10 bits per heavy atom. The van der Waals surface area contributed by atoms with E-state index in [0.29, 0.717) is 0 Å². The molecule has 3 nitrogen and oxygen atoms in total. The Morgan fingerprint density at radius 2 is 1.90 bits per heavy atom. The zero-order valence-corrected chi connectivity index (χ0v) is 12.3. The topological polar surface area (TPSA) is 38.0 Å². The lowest BCUT2D eigenvalue weighted by atomic mass is 10.2. The van der Waals surface area contributed by atoms with Gasteiger partial charge in [-0.2, -0.15) is 0 Å². The molecule has 0 fully saturated rings. The molecule has 100 valence electrons. The van der Waals surface area contributed by atoms with Gasteiger partial charge in [0, 0.05) is 29.0 Å². The van der Waals surface area contributed by atoms with Gasteiger partial charge < -0.3 is 9.67 Å². The van der Waals surface area contributed by atoms with Crippen molar-refractivity contribution in [3.63, 3.8) is 0 Å². The molecule has 0 bridgehead atoms. The van der Waals surface area contributed by atoms with E-state index in [4.69, 9.17) is 0 Å². The SMILES string of the molecule is Oc1ccc(Cn2ccnc2-c2cccc(Br)c2)cc1. The molecule has 0 aliphatic carbocycles. The van der Waals surface area contributed by atoms with Crippen molar-refractivity contribution in [1.29, 1.82) is 0 Å². The van der Waals surface area contributed by atoms with Crippen LogP contribution < -0.4 is 0 Å². The Balaban J connectivity index is 1.92. The van der Waals surface area contributed by atoms with Crippen LogP contribution in [0, 0.1) is 0 Å². The maximum absolute atomic E-state index is 9.32. The minimum absolute atomic E-state index is 0.284. The van der Waals surface area contributed by atoms with Crippen molar-refractivity contribution in [2.45, 2.75) is 6.54 Å². The van der Waals surface area contributed by atoms with Gasteiger partial charge in [0.15, 0.2) is 0 Å². The Hall–Kier alpha value is -2.07. The Bertz CT molecular complexity index is 719. The van der Waals surface area contributed by atoms with E-state index in [-0.39, 0.29) is 5.75 Å². The maximum atomic E-state index is 9.32. The van der Waals surface area contributed by atoms with Gasteiger partial charge in [-0.3, -0.25) is 0 Å². The predicted octanol–water partition coefficient (Wildman–Crippen LogP) is 4.07. The fourth-order valence-electron chi connectivity index (χ4n) is 2.12. The molecule has 2 aromatic carbocycles. The average molecular weight is 329 g/mol. The van der Waals surface area contributed by atoms with Crippen LogP contribution in [0.5, 0.6) is 5.75 Å². The molecule has 0 saturated carbocycles. The van der Waals surface area contributed by atoms with E-state index < -0.39 is 0 Å². The number of phenolic OH excluding ortho intramolecular Hbond substituents is 1. The van der Waals surface area contributed by atoms with Gasteiger partial charge in [0.2, 0.25) is 0 Å². The molecule has 1 heterocycles. The first kappa shape index (κ1) is 12.9. The van der Waals surface area contributed by atoms with Crippen molar-refractivity contribution >= 4 is 15.9 Å². The normalized spacial score (nSPS) is 10.7. The van der Waals surface area contributed by atoms with Crippen LogP contribution in [0.25, 0.3) is 11.4 Å². The number of hydrogen-bond donors (Lipinski definition) is 1. The van der Waals surface area contributed by atoms with Gasteiger partial charge in [-0.15, -0.1) is 0 Å². The van der Waals surface area contributed by atoms with Gasteiger partial charge in [0.1, 0.15) is 11.6 Å². The minimum atomic E-state index is 0.284. The van der Waals surface area contributed by atoms with Crippen LogP contribution in [-0.4, -0.2) is 14.7 Å². The van der Waals surface area contributed by atoms with Crippen LogP contribution >= 0.6 is 15.9 Å². The second kappa shape index (κ2) is 5.51. The molecule has 3 aromatic rings. The summed E-state index contributed by atoms with van der Waals surface area (Å²) in [6, 6.07) is 15.3. The summed E-state index contributed by atoms with van der Waals surface area (Å²) in [5.41, 5.74) is 2.19. The summed E-state index contributed by atoms with van der Waals surface area (Å²) in [6.07, 6.45) is 3.76. The third-order valence-corrected chi connectivity index (χ3v) is 3.58. The molecule has 0 aliphatic heterocycles. The zero-order chi connectivity index (χ0) is 13.9. The molecule has 0 aliphatic rings. The number of hydrogen-bond acceptors (Lipinski definition) is 2. The lowest BCUT2D eigenvalue weighted by Gasteiger charge is -2.08. The van der Waals surface area contributed by atoms with Crippen LogP contribution in [-0.2, 0) is 6.54 Å². The molecule has 0 unspecified atom stereocenters. The van der Waals surface area contributed by atoms with Gasteiger partial charge >= 0.3 is 0 Å². The van der Waals surface area contributed by atoms with E-state index in [0.717, 1.165) is 28.0 Å². The Kier molecular flexibility index (Phi) is 3.56. The minimum Gasteiger partial charge on any atom is -0.508 e. The van der Waals surface area contributed by atoms with Gasteiger partial charge in [0.05, 0.1) is 0 Å². The van der Waals surface area contributed by atoms with Crippen molar-refractivity contribution < 1.29 is 5.11 Å². The number of aromatic hydroxyl groups is 1. The molecule has 0 amide bonds. The van der Waals surface area contributed by atoms with Crippen molar-refractivity contribution in [2.75, 3.05) is 0 Å². The van der Waals surface area contributed by atoms with Crippen molar-refractivity contribution in [2.24, 2.45) is 0 Å². The van der Waals surface area contributed by atoms with E-state index >= 15 is 0 Å². The van der Waals surface area contributed by atoms with Crippen molar-refractivity contribution in [1.82, 2.24) is 9.55 Å². The van der Waals surface area contributed by atoms with E-state index in [1.807, 2.05) is 36.5 Å². The fraction of sp³-hybridized carbons (Fsp3) is 0.0625. The Labute approximate surface area is 125 Å². The van der Waals surface area contributed by atoms with E-state index in [2.05, 4.69) is 31.5 Å². The molecular weight excluding hydrogens is 316 g/mol. The third-order valence-electron chi connectivity index (χ3n) is 3.09. The van der Waals surface area contributed by atoms with Crippen LogP contribution in [0.15, 0.2) is 65.4 Å². The largest absolute Gasteiger partial charge is 0.508 e. The molecular formula is C16H13BrN2O. The van der Waals surface area contributed by atoms with Gasteiger partial charge in [0.25, 0.3) is 0 Å². The van der Waals surface area contributed by atoms with Gasteiger partial charge in [-0.05, 0) is 29.8 Å². The smallest absolute Gasteiger partial charge is 0.140 e. The number of benzene rings is 2. The number of imidazole rings is 1. The molecule has 3 rings (SSSR count). The molecule has 4 heteroatoms. The number of aromatic nitrogens is 2. The summed E-state index contributed by atoms with van der Waals surface area (Å²) in [4.78, 5) is 4.43. The molecule has 20 heavy (non-hydrogen) atoms. The summed E-state index contributed by atoms with van der Waals surface area (Å²) in [7, 11) is 0. The summed E-state index contributed by atoms with van der Waals surface area (Å²) >= 11 is 3.48. The Morgan fingerprint density at radius 3 is 2.65 bits per heavy atom. The first-order valence-corrected chi connectivity index (χ1v) is 7.07. The summed E-state index contributed by atoms with van der Waals surface area (Å²) < 4.78 is 3.13. The lowest BCUT2D eigenvalue weighted by molar-refractivity contribution is 0.475. The lowest BCUT2D eigenvalue weighted by Crippen LogP contribution is -2.00. The second-order valence-corrected chi connectivity index (χ2v) is 5.47. The standard InChI is InChI=1S/C16H13BrN2O/c17-14-3-1-2-13(10-14)16-18-8-9-19(16)11-12-4-6-15(20)7-5-12/h1-10,20H,11H2. The molecule has 0 atom stereocenters. The zero-order valence-electron chi connectivity index (χ0n) is 10.7. The monoisotopic (exact) mass is 328 g/mol. The number of rotatable bonds is 3. The molecule has 0 radical (unpaired) electrons. The molecule has 1 aromatic heterocycles. The van der Waals surface area contributed by atoms with Crippen LogP contribution in [0.1, 0.15) is 5.56 Å². The first-order valence-electron chi connectivity index (χ1n) is 6.27. The highest BCUT2D eigenvalue weighted by atomic mass is 79.9. The third kappa shape index (κ3) is 2.75. The van der Waals surface area contributed by atoms with Crippen LogP contribution in [0.4, 0.5) is 0 Å². The summed E-state index contributed by atoms with van der Waals surface area (Å²) in [5.74, 6) is 1.21. The summed E-state index contributed by atoms with van der Waals surface area (Å²) in [6.45, 7) is 0.724. The van der Waals surface area contributed by atoms with E-state index in [1.165, 1.54) is 0 Å². The van der Waals surface area contributed by atoms with Gasteiger partial charge in [-0.25, -0.2) is 4.98 Å². The number of halogens is 1. The predicted molar refractivity (Wildman–Crippen MR) is 82.6 cm³/mol. The molecule has 0 spiro atoms. The molecule has 1 N–H and O–H groups in total. The summed E-state index contributed by atoms with van der Waals surface area (Å²) in [5, 5.41) is 9.32. The highest BCUT2D eigenvalue weighted by molar-refractivity contribution is 9.10. The average Bonchev–Trinajstić information content (AvgIpc) is 2.89. The van der Waals surface area contributed by atoms with Crippen molar-refractivity contribution in [3.8, 4) is 17.1 Å². The molecule has 0 saturated heterocycles. The van der Waals surface area contributed by atoms with E-state index in [1.54, 1.807) is 18.3 Å². The van der Waals surface area contributed by atoms with Crippen LogP contribution in [0.2, 0.25) is 0 Å².